The number of sulfonamides is 1. The zero-order valence-electron chi connectivity index (χ0n) is 9.75. The van der Waals surface area contributed by atoms with E-state index < -0.39 is 10.0 Å². The van der Waals surface area contributed by atoms with E-state index >= 15 is 0 Å². The van der Waals surface area contributed by atoms with Gasteiger partial charge in [0.2, 0.25) is 0 Å². The first-order valence-corrected chi connectivity index (χ1v) is 7.38. The Kier molecular flexibility index (Phi) is 6.27. The molecule has 0 saturated carbocycles. The number of nitrogens with one attached hydrogen (secondary N) is 1. The molecule has 0 radical (unpaired) electrons. The average molecular weight is 319 g/mol. The van der Waals surface area contributed by atoms with E-state index in [0.29, 0.717) is 5.02 Å². The molecule has 0 aliphatic heterocycles. The Morgan fingerprint density at radius 3 is 1.68 bits per heavy atom. The Morgan fingerprint density at radius 1 is 0.842 bits per heavy atom. The van der Waals surface area contributed by atoms with Crippen LogP contribution in [0.1, 0.15) is 0 Å². The van der Waals surface area contributed by atoms with Crippen molar-refractivity contribution in [2.45, 2.75) is 4.90 Å². The quantitative estimate of drug-likeness (QED) is 0.660. The minimum Gasteiger partial charge on any atom is -0.257 e. The molecule has 0 atom stereocenters. The molecule has 0 amide bonds. The van der Waals surface area contributed by atoms with Gasteiger partial charge >= 0.3 is 0 Å². The molecule has 0 aliphatic rings. The highest BCUT2D eigenvalue weighted by atomic mass is 35.5. The molecule has 2 aromatic rings. The van der Waals surface area contributed by atoms with Gasteiger partial charge in [-0.1, -0.05) is 41.4 Å². The van der Waals surface area contributed by atoms with E-state index in [1.54, 1.807) is 4.83 Å². The lowest BCUT2D eigenvalue weighted by molar-refractivity contribution is 0.584. The summed E-state index contributed by atoms with van der Waals surface area (Å²) in [6.07, 6.45) is 0. The third-order valence-corrected chi connectivity index (χ3v) is 3.72. The first kappa shape index (κ1) is 15.9. The fraction of sp³-hybridized carbons (Fsp3) is 0. The van der Waals surface area contributed by atoms with E-state index in [-0.39, 0.29) is 4.90 Å². The van der Waals surface area contributed by atoms with Gasteiger partial charge in [-0.25, -0.2) is 8.42 Å². The lowest BCUT2D eigenvalue weighted by atomic mass is 10.4. The van der Waals surface area contributed by atoms with Gasteiger partial charge in [-0.15, -0.1) is 0 Å². The van der Waals surface area contributed by atoms with E-state index in [2.05, 4.69) is 0 Å². The van der Waals surface area contributed by atoms with Crippen molar-refractivity contribution in [2.75, 3.05) is 0 Å². The van der Waals surface area contributed by atoms with E-state index in [1.807, 2.05) is 30.3 Å². The fourth-order valence-electron chi connectivity index (χ4n) is 1.10. The van der Waals surface area contributed by atoms with Crippen molar-refractivity contribution in [1.82, 2.24) is 4.83 Å². The van der Waals surface area contributed by atoms with Gasteiger partial charge in [0.25, 0.3) is 10.0 Å². The molecule has 4 nitrogen and oxygen atoms in total. The van der Waals surface area contributed by atoms with Crippen LogP contribution in [0.5, 0.6) is 0 Å². The van der Waals surface area contributed by atoms with E-state index in [4.69, 9.17) is 29.0 Å². The van der Waals surface area contributed by atoms with Gasteiger partial charge in [-0.3, -0.25) is 5.84 Å². The largest absolute Gasteiger partial charge is 0.257 e. The summed E-state index contributed by atoms with van der Waals surface area (Å²) in [5.41, 5.74) is 0. The highest BCUT2D eigenvalue weighted by molar-refractivity contribution is 7.89. The zero-order valence-corrected chi connectivity index (χ0v) is 12.1. The molecule has 0 aromatic heterocycles. The molecule has 0 bridgehead atoms. The van der Waals surface area contributed by atoms with Crippen LogP contribution in [0.25, 0.3) is 0 Å². The summed E-state index contributed by atoms with van der Waals surface area (Å²) >= 11 is 11.1. The molecule has 0 unspecified atom stereocenters. The van der Waals surface area contributed by atoms with Gasteiger partial charge in [0, 0.05) is 10.0 Å². The fourth-order valence-corrected chi connectivity index (χ4v) is 2.00. The second-order valence-electron chi connectivity index (χ2n) is 3.37. The summed E-state index contributed by atoms with van der Waals surface area (Å²) in [4.78, 5) is 1.80. The minimum atomic E-state index is -3.55. The van der Waals surface area contributed by atoms with Crippen molar-refractivity contribution in [2.24, 2.45) is 5.84 Å². The average Bonchev–Trinajstić information content (AvgIpc) is 2.41. The van der Waals surface area contributed by atoms with Gasteiger partial charge < -0.3 is 0 Å². The Balaban J connectivity index is 0.000000218. The van der Waals surface area contributed by atoms with E-state index in [0.717, 1.165) is 5.02 Å². The van der Waals surface area contributed by atoms with Crippen LogP contribution in [0.3, 0.4) is 0 Å². The van der Waals surface area contributed by atoms with E-state index in [9.17, 15) is 8.42 Å². The monoisotopic (exact) mass is 318 g/mol. The van der Waals surface area contributed by atoms with Crippen LogP contribution < -0.4 is 10.7 Å². The maximum absolute atomic E-state index is 11.0. The number of nitrogens with two attached hydrogens (primary N) is 1. The van der Waals surface area contributed by atoms with E-state index in [1.165, 1.54) is 24.3 Å². The zero-order chi connectivity index (χ0) is 14.3. The summed E-state index contributed by atoms with van der Waals surface area (Å²) < 4.78 is 22.1. The Morgan fingerprint density at radius 2 is 1.32 bits per heavy atom. The van der Waals surface area contributed by atoms with Crippen molar-refractivity contribution < 1.29 is 8.42 Å². The summed E-state index contributed by atoms with van der Waals surface area (Å²) in [6.45, 7) is 0. The molecule has 2 rings (SSSR count). The van der Waals surface area contributed by atoms with Crippen LogP contribution in [-0.2, 0) is 10.0 Å². The second kappa shape index (κ2) is 7.47. The molecule has 102 valence electrons. The number of halogens is 2. The summed E-state index contributed by atoms with van der Waals surface area (Å²) in [5.74, 6) is 4.81. The predicted octanol–water partition coefficient (Wildman–Crippen LogP) is 2.83. The highest BCUT2D eigenvalue weighted by Gasteiger charge is 2.09. The van der Waals surface area contributed by atoms with Crippen molar-refractivity contribution in [1.29, 1.82) is 0 Å². The van der Waals surface area contributed by atoms with Gasteiger partial charge in [0.15, 0.2) is 0 Å². The van der Waals surface area contributed by atoms with Crippen LogP contribution >= 0.6 is 23.2 Å². The molecule has 0 fully saturated rings. The third kappa shape index (κ3) is 5.59. The van der Waals surface area contributed by atoms with Crippen LogP contribution in [0, 0.1) is 0 Å². The maximum atomic E-state index is 11.0. The molecule has 0 heterocycles. The number of hydrogen-bond donors (Lipinski definition) is 2. The minimum absolute atomic E-state index is 0.0920. The standard InChI is InChI=1S/C6H7ClN2O2S.C6H5Cl/c7-5-1-3-6(4-2-5)12(10,11)9-8;7-6-4-2-1-3-5-6/h1-4,9H,8H2;1-5H. The maximum Gasteiger partial charge on any atom is 0.253 e. The van der Waals surface area contributed by atoms with Crippen molar-refractivity contribution in [3.8, 4) is 0 Å². The Hall–Kier alpha value is -1.11. The second-order valence-corrected chi connectivity index (χ2v) is 5.96. The summed E-state index contributed by atoms with van der Waals surface area (Å²) in [7, 11) is -3.55. The number of hydrogen-bond acceptors (Lipinski definition) is 3. The normalized spacial score (nSPS) is 10.5. The Labute approximate surface area is 122 Å². The lowest BCUT2D eigenvalue weighted by Gasteiger charge is -2.00. The lowest BCUT2D eigenvalue weighted by Crippen LogP contribution is -2.30. The topological polar surface area (TPSA) is 72.2 Å². The first-order valence-electron chi connectivity index (χ1n) is 5.14. The molecule has 0 aliphatic carbocycles. The van der Waals surface area contributed by atoms with Crippen LogP contribution in [0.2, 0.25) is 10.0 Å². The molecule has 3 N–H and O–H groups in total. The van der Waals surface area contributed by atoms with Crippen LogP contribution in [-0.4, -0.2) is 8.42 Å². The van der Waals surface area contributed by atoms with Gasteiger partial charge in [0.05, 0.1) is 4.90 Å². The molecule has 7 heteroatoms. The number of rotatable bonds is 2. The van der Waals surface area contributed by atoms with Crippen molar-refractivity contribution >= 4 is 33.2 Å². The highest BCUT2D eigenvalue weighted by Crippen LogP contribution is 2.12. The van der Waals surface area contributed by atoms with Gasteiger partial charge in [0.1, 0.15) is 0 Å². The molecular formula is C12H12Cl2N2O2S. The smallest absolute Gasteiger partial charge is 0.253 e. The molecule has 2 aromatic carbocycles. The summed E-state index contributed by atoms with van der Waals surface area (Å²) in [5, 5.41) is 1.27. The van der Waals surface area contributed by atoms with Gasteiger partial charge in [-0.2, -0.15) is 4.83 Å². The SMILES string of the molecule is Clc1ccccc1.NNS(=O)(=O)c1ccc(Cl)cc1. The number of hydrazine groups is 1. The van der Waals surface area contributed by atoms with Crippen LogP contribution in [0.15, 0.2) is 59.5 Å². The third-order valence-electron chi connectivity index (χ3n) is 2.01. The molecule has 0 saturated heterocycles. The first-order chi connectivity index (χ1) is 8.95. The van der Waals surface area contributed by atoms with Crippen molar-refractivity contribution in [3.63, 3.8) is 0 Å². The van der Waals surface area contributed by atoms with Crippen molar-refractivity contribution in [3.05, 3.63) is 64.6 Å². The molecular weight excluding hydrogens is 307 g/mol. The summed E-state index contributed by atoms with van der Waals surface area (Å²) in [6, 6.07) is 15.1. The Bertz CT molecular complexity index is 601. The van der Waals surface area contributed by atoms with Crippen LogP contribution in [0.4, 0.5) is 0 Å². The molecule has 19 heavy (non-hydrogen) atoms. The van der Waals surface area contributed by atoms with Gasteiger partial charge in [-0.05, 0) is 36.4 Å². The predicted molar refractivity (Wildman–Crippen MR) is 77.4 cm³/mol. The number of benzene rings is 2. The molecule has 0 spiro atoms.